The Morgan fingerprint density at radius 2 is 2.10 bits per heavy atom. The fourth-order valence-corrected chi connectivity index (χ4v) is 2.15. The molecular weight excluding hydrogens is 252 g/mol. The number of benzene rings is 1. The van der Waals surface area contributed by atoms with Crippen molar-refractivity contribution in [2.24, 2.45) is 0 Å². The highest BCUT2D eigenvalue weighted by atomic mass is 16.2. The van der Waals surface area contributed by atoms with E-state index in [1.165, 1.54) is 0 Å². The van der Waals surface area contributed by atoms with Gasteiger partial charge in [0, 0.05) is 43.1 Å². The lowest BCUT2D eigenvalue weighted by Crippen LogP contribution is -2.38. The molecule has 3 N–H and O–H groups in total. The molecule has 1 saturated heterocycles. The number of anilines is 2. The van der Waals surface area contributed by atoms with Crippen molar-refractivity contribution >= 4 is 17.4 Å². The first-order valence-electron chi connectivity index (χ1n) is 7.10. The van der Waals surface area contributed by atoms with Crippen LogP contribution >= 0.6 is 0 Å². The normalized spacial score (nSPS) is 15.3. The summed E-state index contributed by atoms with van der Waals surface area (Å²) in [4.78, 5) is 13.4. The predicted octanol–water partition coefficient (Wildman–Crippen LogP) is 2.02. The Morgan fingerprint density at radius 1 is 1.30 bits per heavy atom. The second-order valence-corrected chi connectivity index (χ2v) is 6.04. The minimum absolute atomic E-state index is 0.0171. The largest absolute Gasteiger partial charge is 0.384 e. The average molecular weight is 276 g/mol. The number of carbonyl (C=O) groups is 1. The molecule has 2 amide bonds. The van der Waals surface area contributed by atoms with Gasteiger partial charge in [-0.3, -0.25) is 4.90 Å². The lowest BCUT2D eigenvalue weighted by Gasteiger charge is -2.21. The van der Waals surface area contributed by atoms with E-state index in [1.54, 1.807) is 4.90 Å². The van der Waals surface area contributed by atoms with Crippen molar-refractivity contribution in [3.63, 3.8) is 0 Å². The quantitative estimate of drug-likeness (QED) is 0.721. The van der Waals surface area contributed by atoms with Gasteiger partial charge in [0.2, 0.25) is 0 Å². The van der Waals surface area contributed by atoms with Crippen LogP contribution in [0, 0.1) is 0 Å². The minimum atomic E-state index is -0.0171. The lowest BCUT2D eigenvalue weighted by molar-refractivity contribution is 0.252. The second-order valence-electron chi connectivity index (χ2n) is 6.04. The van der Waals surface area contributed by atoms with Crippen LogP contribution in [-0.2, 0) is 0 Å². The summed E-state index contributed by atoms with van der Waals surface area (Å²) in [6.45, 7) is 9.66. The zero-order valence-corrected chi connectivity index (χ0v) is 12.5. The summed E-state index contributed by atoms with van der Waals surface area (Å²) in [6.07, 6.45) is 0. The summed E-state index contributed by atoms with van der Waals surface area (Å²) in [5.74, 6) is 0. The van der Waals surface area contributed by atoms with Gasteiger partial charge in [0.05, 0.1) is 0 Å². The summed E-state index contributed by atoms with van der Waals surface area (Å²) in [7, 11) is 0. The van der Waals surface area contributed by atoms with Crippen LogP contribution in [0.4, 0.5) is 16.2 Å². The van der Waals surface area contributed by atoms with E-state index in [1.807, 2.05) is 24.3 Å². The molecule has 1 aliphatic heterocycles. The molecule has 1 heterocycles. The number of nitrogens with zero attached hydrogens (tertiary/aromatic N) is 1. The smallest absolute Gasteiger partial charge is 0.321 e. The van der Waals surface area contributed by atoms with Crippen molar-refractivity contribution in [3.8, 4) is 0 Å². The molecule has 5 heteroatoms. The number of hydrogen-bond donors (Lipinski definition) is 3. The monoisotopic (exact) mass is 276 g/mol. The predicted molar refractivity (Wildman–Crippen MR) is 83.4 cm³/mol. The Morgan fingerprint density at radius 3 is 2.75 bits per heavy atom. The zero-order valence-electron chi connectivity index (χ0n) is 12.5. The highest BCUT2D eigenvalue weighted by Gasteiger charge is 2.20. The van der Waals surface area contributed by atoms with E-state index < -0.39 is 0 Å². The molecule has 0 radical (unpaired) electrons. The Bertz CT molecular complexity index is 467. The maximum atomic E-state index is 11.6. The molecule has 0 atom stereocenters. The number of nitrogens with one attached hydrogen (secondary N) is 3. The molecule has 2 rings (SSSR count). The van der Waals surface area contributed by atoms with Gasteiger partial charge in [-0.1, -0.05) is 6.07 Å². The lowest BCUT2D eigenvalue weighted by atomic mass is 10.1. The molecule has 0 aliphatic carbocycles. The molecule has 1 aromatic carbocycles. The summed E-state index contributed by atoms with van der Waals surface area (Å²) in [6, 6.07) is 7.96. The van der Waals surface area contributed by atoms with Crippen LogP contribution in [0.2, 0.25) is 0 Å². The highest BCUT2D eigenvalue weighted by Crippen LogP contribution is 2.20. The van der Waals surface area contributed by atoms with Gasteiger partial charge in [0.15, 0.2) is 0 Å². The van der Waals surface area contributed by atoms with Crippen molar-refractivity contribution in [1.82, 2.24) is 10.6 Å². The SMILES string of the molecule is CC(C)(C)NCCNc1cccc(N2CCNC2=O)c1. The molecule has 0 saturated carbocycles. The summed E-state index contributed by atoms with van der Waals surface area (Å²) in [5.41, 5.74) is 2.11. The van der Waals surface area contributed by atoms with Crippen LogP contribution in [0.15, 0.2) is 24.3 Å². The highest BCUT2D eigenvalue weighted by molar-refractivity contribution is 5.94. The zero-order chi connectivity index (χ0) is 14.6. The topological polar surface area (TPSA) is 56.4 Å². The third-order valence-corrected chi connectivity index (χ3v) is 3.12. The van der Waals surface area contributed by atoms with Gasteiger partial charge in [-0.15, -0.1) is 0 Å². The van der Waals surface area contributed by atoms with Gasteiger partial charge >= 0.3 is 6.03 Å². The van der Waals surface area contributed by atoms with Crippen LogP contribution in [0.1, 0.15) is 20.8 Å². The summed E-state index contributed by atoms with van der Waals surface area (Å²) in [5, 5.41) is 9.62. The van der Waals surface area contributed by atoms with Gasteiger partial charge in [0.1, 0.15) is 0 Å². The Hall–Kier alpha value is -1.75. The first-order valence-corrected chi connectivity index (χ1v) is 7.10. The fraction of sp³-hybridized carbons (Fsp3) is 0.533. The van der Waals surface area contributed by atoms with Crippen LogP contribution in [0.3, 0.4) is 0 Å². The molecule has 1 aromatic rings. The van der Waals surface area contributed by atoms with Crippen molar-refractivity contribution in [1.29, 1.82) is 0 Å². The third kappa shape index (κ3) is 4.13. The van der Waals surface area contributed by atoms with Crippen LogP contribution in [0.5, 0.6) is 0 Å². The van der Waals surface area contributed by atoms with Crippen molar-refractivity contribution in [3.05, 3.63) is 24.3 Å². The molecule has 0 aromatic heterocycles. The number of carbonyl (C=O) groups excluding carboxylic acids is 1. The standard InChI is InChI=1S/C15H24N4O/c1-15(2,3)18-8-7-16-12-5-4-6-13(11-12)19-10-9-17-14(19)20/h4-6,11,16,18H,7-10H2,1-3H3,(H,17,20). The van der Waals surface area contributed by atoms with E-state index in [2.05, 4.69) is 36.7 Å². The minimum Gasteiger partial charge on any atom is -0.384 e. The fourth-order valence-electron chi connectivity index (χ4n) is 2.15. The van der Waals surface area contributed by atoms with Gasteiger partial charge in [-0.2, -0.15) is 0 Å². The summed E-state index contributed by atoms with van der Waals surface area (Å²) >= 11 is 0. The van der Waals surface area contributed by atoms with E-state index >= 15 is 0 Å². The van der Waals surface area contributed by atoms with Gasteiger partial charge in [-0.05, 0) is 39.0 Å². The first-order chi connectivity index (χ1) is 9.46. The molecule has 1 fully saturated rings. The molecule has 20 heavy (non-hydrogen) atoms. The first kappa shape index (κ1) is 14.7. The summed E-state index contributed by atoms with van der Waals surface area (Å²) < 4.78 is 0. The number of amides is 2. The third-order valence-electron chi connectivity index (χ3n) is 3.12. The van der Waals surface area contributed by atoms with Crippen molar-refractivity contribution < 1.29 is 4.79 Å². The molecule has 110 valence electrons. The Kier molecular flexibility index (Phi) is 4.49. The molecule has 0 unspecified atom stereocenters. The molecule has 0 bridgehead atoms. The van der Waals surface area contributed by atoms with E-state index in [9.17, 15) is 4.79 Å². The van der Waals surface area contributed by atoms with E-state index in [0.29, 0.717) is 6.54 Å². The van der Waals surface area contributed by atoms with E-state index in [0.717, 1.165) is 31.0 Å². The maximum absolute atomic E-state index is 11.6. The molecule has 1 aliphatic rings. The molecular formula is C15H24N4O. The number of hydrogen-bond acceptors (Lipinski definition) is 3. The van der Waals surface area contributed by atoms with Crippen LogP contribution in [0.25, 0.3) is 0 Å². The molecule has 0 spiro atoms. The van der Waals surface area contributed by atoms with Crippen molar-refractivity contribution in [2.45, 2.75) is 26.3 Å². The van der Waals surface area contributed by atoms with Crippen LogP contribution in [-0.4, -0.2) is 37.7 Å². The van der Waals surface area contributed by atoms with Crippen molar-refractivity contribution in [2.75, 3.05) is 36.4 Å². The van der Waals surface area contributed by atoms with Gasteiger partial charge in [-0.25, -0.2) is 4.79 Å². The molecule has 5 nitrogen and oxygen atoms in total. The number of urea groups is 1. The average Bonchev–Trinajstić information content (AvgIpc) is 2.80. The number of rotatable bonds is 5. The van der Waals surface area contributed by atoms with E-state index in [4.69, 9.17) is 0 Å². The van der Waals surface area contributed by atoms with Crippen LogP contribution < -0.4 is 20.9 Å². The van der Waals surface area contributed by atoms with Gasteiger partial charge in [0.25, 0.3) is 0 Å². The van der Waals surface area contributed by atoms with E-state index in [-0.39, 0.29) is 11.6 Å². The van der Waals surface area contributed by atoms with Gasteiger partial charge < -0.3 is 16.0 Å². The Labute approximate surface area is 120 Å². The maximum Gasteiger partial charge on any atom is 0.321 e. The second kappa shape index (κ2) is 6.13. The Balaban J connectivity index is 1.88.